The fourth-order valence-corrected chi connectivity index (χ4v) is 3.23. The number of aliphatic hydroxyl groups excluding tert-OH is 2. The molecule has 106 valence electrons. The molecule has 0 aromatic rings. The lowest BCUT2D eigenvalue weighted by atomic mass is 9.59. The normalized spacial score (nSPS) is 34.8. The zero-order valence-corrected chi connectivity index (χ0v) is 11.6. The lowest BCUT2D eigenvalue weighted by molar-refractivity contribution is -0.141. The standard InChI is InChI=1S/C16H24O3/c1-2-3-4-5-11(17)6-7-12-14-10-16(19)13(14)8-9-15(12)18/h11-15,17-18H,2-5,8-10H2,1H3/t11-,12-,13+,14-,15-/m0/s1. The van der Waals surface area contributed by atoms with Crippen molar-refractivity contribution in [1.82, 2.24) is 0 Å². The molecule has 0 bridgehead atoms. The van der Waals surface area contributed by atoms with Gasteiger partial charge in [-0.1, -0.05) is 31.6 Å². The van der Waals surface area contributed by atoms with E-state index in [-0.39, 0.29) is 17.8 Å². The first-order valence-corrected chi connectivity index (χ1v) is 7.53. The first-order chi connectivity index (χ1) is 9.13. The van der Waals surface area contributed by atoms with Crippen molar-refractivity contribution in [3.05, 3.63) is 0 Å². The molecule has 5 atom stereocenters. The van der Waals surface area contributed by atoms with Crippen LogP contribution in [0.2, 0.25) is 0 Å². The van der Waals surface area contributed by atoms with Crippen LogP contribution in [0.15, 0.2) is 0 Å². The third-order valence-electron chi connectivity index (χ3n) is 4.51. The molecular weight excluding hydrogens is 240 g/mol. The van der Waals surface area contributed by atoms with Gasteiger partial charge in [0, 0.05) is 12.3 Å². The zero-order chi connectivity index (χ0) is 13.8. The molecule has 19 heavy (non-hydrogen) atoms. The zero-order valence-electron chi connectivity index (χ0n) is 11.6. The largest absolute Gasteiger partial charge is 0.392 e. The summed E-state index contributed by atoms with van der Waals surface area (Å²) in [5, 5.41) is 19.8. The van der Waals surface area contributed by atoms with Crippen molar-refractivity contribution in [2.45, 2.75) is 64.1 Å². The second-order valence-electron chi connectivity index (χ2n) is 5.91. The van der Waals surface area contributed by atoms with Gasteiger partial charge in [-0.05, 0) is 31.6 Å². The molecule has 2 N–H and O–H groups in total. The number of rotatable bonds is 4. The molecule has 2 rings (SSSR count). The third-order valence-corrected chi connectivity index (χ3v) is 4.51. The van der Waals surface area contributed by atoms with E-state index in [0.717, 1.165) is 25.7 Å². The molecule has 0 amide bonds. The van der Waals surface area contributed by atoms with E-state index in [0.29, 0.717) is 25.0 Å². The number of carbonyl (C=O) groups excluding carboxylic acids is 1. The summed E-state index contributed by atoms with van der Waals surface area (Å²) in [6, 6.07) is 0. The van der Waals surface area contributed by atoms with Gasteiger partial charge in [0.2, 0.25) is 0 Å². The molecule has 0 aromatic heterocycles. The average molecular weight is 264 g/mol. The quantitative estimate of drug-likeness (QED) is 0.602. The van der Waals surface area contributed by atoms with E-state index in [1.54, 1.807) is 0 Å². The molecule has 2 aliphatic carbocycles. The fourth-order valence-electron chi connectivity index (χ4n) is 3.23. The van der Waals surface area contributed by atoms with Gasteiger partial charge in [-0.2, -0.15) is 0 Å². The number of carbonyl (C=O) groups is 1. The van der Waals surface area contributed by atoms with Gasteiger partial charge in [-0.15, -0.1) is 0 Å². The van der Waals surface area contributed by atoms with Gasteiger partial charge >= 0.3 is 0 Å². The van der Waals surface area contributed by atoms with Crippen LogP contribution in [0, 0.1) is 29.6 Å². The SMILES string of the molecule is CCCCC[C@H](O)C#C[C@H]1[C@@H]2CC(=O)[C@@H]2CC[C@@H]1O. The Labute approximate surface area is 115 Å². The molecule has 2 saturated carbocycles. The van der Waals surface area contributed by atoms with Crippen LogP contribution in [0.1, 0.15) is 51.9 Å². The van der Waals surface area contributed by atoms with E-state index in [9.17, 15) is 15.0 Å². The van der Waals surface area contributed by atoms with Crippen LogP contribution in [-0.2, 0) is 4.79 Å². The van der Waals surface area contributed by atoms with E-state index in [2.05, 4.69) is 18.8 Å². The van der Waals surface area contributed by atoms with Crippen molar-refractivity contribution in [1.29, 1.82) is 0 Å². The molecule has 0 aromatic carbocycles. The molecule has 3 nitrogen and oxygen atoms in total. The maximum absolute atomic E-state index is 11.5. The summed E-state index contributed by atoms with van der Waals surface area (Å²) in [6.45, 7) is 2.13. The summed E-state index contributed by atoms with van der Waals surface area (Å²) >= 11 is 0. The van der Waals surface area contributed by atoms with Crippen LogP contribution in [0.5, 0.6) is 0 Å². The monoisotopic (exact) mass is 264 g/mol. The Morgan fingerprint density at radius 1 is 1.37 bits per heavy atom. The minimum absolute atomic E-state index is 0.114. The highest BCUT2D eigenvalue weighted by atomic mass is 16.3. The maximum atomic E-state index is 11.5. The van der Waals surface area contributed by atoms with Crippen LogP contribution in [-0.4, -0.2) is 28.2 Å². The van der Waals surface area contributed by atoms with Gasteiger partial charge in [0.25, 0.3) is 0 Å². The topological polar surface area (TPSA) is 57.5 Å². The number of ketones is 1. The fraction of sp³-hybridized carbons (Fsp3) is 0.812. The average Bonchev–Trinajstić information content (AvgIpc) is 2.37. The van der Waals surface area contributed by atoms with Gasteiger partial charge in [0.15, 0.2) is 0 Å². The highest BCUT2D eigenvalue weighted by molar-refractivity contribution is 5.87. The van der Waals surface area contributed by atoms with E-state index in [4.69, 9.17) is 0 Å². The van der Waals surface area contributed by atoms with Crippen LogP contribution < -0.4 is 0 Å². The van der Waals surface area contributed by atoms with Gasteiger partial charge in [0.1, 0.15) is 11.9 Å². The summed E-state index contributed by atoms with van der Waals surface area (Å²) in [4.78, 5) is 11.5. The lowest BCUT2D eigenvalue weighted by Gasteiger charge is -2.44. The highest BCUT2D eigenvalue weighted by Gasteiger charge is 2.48. The van der Waals surface area contributed by atoms with E-state index < -0.39 is 12.2 Å². The Hall–Kier alpha value is -0.850. The molecule has 0 aliphatic heterocycles. The molecular formula is C16H24O3. The summed E-state index contributed by atoms with van der Waals surface area (Å²) in [5.74, 6) is 6.49. The van der Waals surface area contributed by atoms with Crippen LogP contribution in [0.25, 0.3) is 0 Å². The minimum atomic E-state index is -0.588. The predicted molar refractivity (Wildman–Crippen MR) is 73.3 cm³/mol. The first kappa shape index (κ1) is 14.6. The third kappa shape index (κ3) is 3.38. The van der Waals surface area contributed by atoms with Crippen molar-refractivity contribution in [2.75, 3.05) is 0 Å². The van der Waals surface area contributed by atoms with Crippen LogP contribution >= 0.6 is 0 Å². The molecule has 0 spiro atoms. The van der Waals surface area contributed by atoms with Gasteiger partial charge < -0.3 is 10.2 Å². The van der Waals surface area contributed by atoms with Crippen molar-refractivity contribution in [3.63, 3.8) is 0 Å². The van der Waals surface area contributed by atoms with E-state index >= 15 is 0 Å². The molecule has 2 fully saturated rings. The van der Waals surface area contributed by atoms with Crippen LogP contribution in [0.3, 0.4) is 0 Å². The maximum Gasteiger partial charge on any atom is 0.136 e. The summed E-state index contributed by atoms with van der Waals surface area (Å²) in [5.41, 5.74) is 0. The van der Waals surface area contributed by atoms with Gasteiger partial charge in [-0.25, -0.2) is 0 Å². The highest BCUT2D eigenvalue weighted by Crippen LogP contribution is 2.45. The van der Waals surface area contributed by atoms with Crippen LogP contribution in [0.4, 0.5) is 0 Å². The molecule has 2 aliphatic rings. The number of hydrogen-bond donors (Lipinski definition) is 2. The van der Waals surface area contributed by atoms with E-state index in [1.165, 1.54) is 0 Å². The summed E-state index contributed by atoms with van der Waals surface area (Å²) in [6.07, 6.45) is 4.96. The Kier molecular flexibility index (Phi) is 5.01. The number of unbranched alkanes of at least 4 members (excludes halogenated alkanes) is 2. The molecule has 0 radical (unpaired) electrons. The van der Waals surface area contributed by atoms with Gasteiger partial charge in [-0.3, -0.25) is 4.79 Å². The Morgan fingerprint density at radius 2 is 2.16 bits per heavy atom. The molecule has 3 heteroatoms. The van der Waals surface area contributed by atoms with Crippen molar-refractivity contribution in [3.8, 4) is 11.8 Å². The lowest BCUT2D eigenvalue weighted by Crippen LogP contribution is -2.49. The second-order valence-corrected chi connectivity index (χ2v) is 5.91. The second kappa shape index (κ2) is 6.54. The minimum Gasteiger partial charge on any atom is -0.392 e. The summed E-state index contributed by atoms with van der Waals surface area (Å²) < 4.78 is 0. The molecule has 0 heterocycles. The molecule has 0 unspecified atom stereocenters. The number of fused-ring (bicyclic) bond motifs is 1. The molecule has 0 saturated heterocycles. The number of aliphatic hydroxyl groups is 2. The van der Waals surface area contributed by atoms with Crippen molar-refractivity contribution >= 4 is 5.78 Å². The van der Waals surface area contributed by atoms with E-state index in [1.807, 2.05) is 0 Å². The van der Waals surface area contributed by atoms with Crippen molar-refractivity contribution < 1.29 is 15.0 Å². The first-order valence-electron chi connectivity index (χ1n) is 7.53. The Bertz CT molecular complexity index is 379. The predicted octanol–water partition coefficient (Wildman–Crippen LogP) is 1.91. The Morgan fingerprint density at radius 3 is 2.84 bits per heavy atom. The number of hydrogen-bond acceptors (Lipinski definition) is 3. The van der Waals surface area contributed by atoms with Crippen molar-refractivity contribution in [2.24, 2.45) is 17.8 Å². The van der Waals surface area contributed by atoms with Gasteiger partial charge in [0.05, 0.1) is 12.0 Å². The smallest absolute Gasteiger partial charge is 0.136 e. The Balaban J connectivity index is 1.88. The summed E-state index contributed by atoms with van der Waals surface area (Å²) in [7, 11) is 0. The number of Topliss-reactive ketones (excluding diaryl/α,β-unsaturated/α-hetero) is 1.